The lowest BCUT2D eigenvalue weighted by Gasteiger charge is -2.44. The van der Waals surface area contributed by atoms with Crippen molar-refractivity contribution in [2.75, 3.05) is 26.2 Å². The van der Waals surface area contributed by atoms with Gasteiger partial charge in [-0.15, -0.1) is 0 Å². The maximum atomic E-state index is 3.83. The van der Waals surface area contributed by atoms with E-state index in [0.29, 0.717) is 0 Å². The second-order valence-corrected chi connectivity index (χ2v) is 6.43. The Kier molecular flexibility index (Phi) is 4.02. The highest BCUT2D eigenvalue weighted by Gasteiger charge is 2.35. The van der Waals surface area contributed by atoms with Crippen LogP contribution >= 0.6 is 0 Å². The molecule has 0 radical (unpaired) electrons. The van der Waals surface area contributed by atoms with Crippen LogP contribution in [0, 0.1) is 11.8 Å². The molecule has 0 aromatic rings. The van der Waals surface area contributed by atoms with Crippen LogP contribution < -0.4 is 5.32 Å². The van der Waals surface area contributed by atoms with Crippen molar-refractivity contribution in [1.82, 2.24) is 10.2 Å². The highest BCUT2D eigenvalue weighted by atomic mass is 15.1. The van der Waals surface area contributed by atoms with E-state index in [1.807, 2.05) is 0 Å². The minimum Gasteiger partial charge on any atom is -0.313 e. The Bertz CT molecular complexity index is 233. The predicted molar refractivity (Wildman–Crippen MR) is 72.1 cm³/mol. The lowest BCUT2D eigenvalue weighted by atomic mass is 9.73. The fraction of sp³-hybridized carbons (Fsp3) is 1.00. The van der Waals surface area contributed by atoms with Gasteiger partial charge in [0.2, 0.25) is 0 Å². The molecule has 17 heavy (non-hydrogen) atoms. The molecule has 2 heteroatoms. The molecular weight excluding hydrogens is 208 g/mol. The molecule has 3 fully saturated rings. The SMILES string of the molecule is C1CCN(C[C@H]2CCC[C@@H]3CCCN[C@@H]32)CC1. The van der Waals surface area contributed by atoms with E-state index in [-0.39, 0.29) is 0 Å². The van der Waals surface area contributed by atoms with Crippen molar-refractivity contribution in [2.45, 2.75) is 57.4 Å². The summed E-state index contributed by atoms with van der Waals surface area (Å²) >= 11 is 0. The van der Waals surface area contributed by atoms with Crippen LogP contribution in [0.4, 0.5) is 0 Å². The molecule has 98 valence electrons. The van der Waals surface area contributed by atoms with Crippen molar-refractivity contribution in [3.63, 3.8) is 0 Å². The third kappa shape index (κ3) is 2.85. The molecule has 1 N–H and O–H groups in total. The first-order chi connectivity index (χ1) is 8.43. The van der Waals surface area contributed by atoms with Gasteiger partial charge in [-0.1, -0.05) is 12.8 Å². The number of piperidine rings is 2. The van der Waals surface area contributed by atoms with Crippen molar-refractivity contribution in [1.29, 1.82) is 0 Å². The van der Waals surface area contributed by atoms with Crippen molar-refractivity contribution >= 4 is 0 Å². The highest BCUT2D eigenvalue weighted by Crippen LogP contribution is 2.35. The Morgan fingerprint density at radius 2 is 1.71 bits per heavy atom. The summed E-state index contributed by atoms with van der Waals surface area (Å²) in [5.41, 5.74) is 0. The Labute approximate surface area is 106 Å². The molecule has 3 rings (SSSR count). The second kappa shape index (κ2) is 5.71. The number of nitrogens with zero attached hydrogens (tertiary/aromatic N) is 1. The molecule has 0 aromatic carbocycles. The van der Waals surface area contributed by atoms with E-state index in [1.54, 1.807) is 0 Å². The summed E-state index contributed by atoms with van der Waals surface area (Å²) in [6.45, 7) is 5.40. The summed E-state index contributed by atoms with van der Waals surface area (Å²) in [5.74, 6) is 1.96. The third-order valence-corrected chi connectivity index (χ3v) is 5.24. The van der Waals surface area contributed by atoms with Gasteiger partial charge in [0, 0.05) is 12.6 Å². The molecule has 0 spiro atoms. The van der Waals surface area contributed by atoms with Crippen LogP contribution in [0.25, 0.3) is 0 Å². The Hall–Kier alpha value is -0.0800. The van der Waals surface area contributed by atoms with Gasteiger partial charge in [0.25, 0.3) is 0 Å². The van der Waals surface area contributed by atoms with Crippen LogP contribution in [-0.2, 0) is 0 Å². The number of fused-ring (bicyclic) bond motifs is 1. The number of hydrogen-bond acceptors (Lipinski definition) is 2. The Balaban J connectivity index is 1.56. The van der Waals surface area contributed by atoms with E-state index in [1.165, 1.54) is 77.5 Å². The van der Waals surface area contributed by atoms with E-state index < -0.39 is 0 Å². The number of rotatable bonds is 2. The van der Waals surface area contributed by atoms with Crippen molar-refractivity contribution in [3.05, 3.63) is 0 Å². The highest BCUT2D eigenvalue weighted by molar-refractivity contribution is 4.91. The summed E-state index contributed by atoms with van der Waals surface area (Å²) in [6, 6.07) is 0.861. The maximum Gasteiger partial charge on any atom is 0.0136 e. The monoisotopic (exact) mass is 236 g/mol. The van der Waals surface area contributed by atoms with Crippen LogP contribution in [0.5, 0.6) is 0 Å². The minimum absolute atomic E-state index is 0.861. The molecule has 3 atom stereocenters. The average Bonchev–Trinajstić information content (AvgIpc) is 2.40. The zero-order valence-electron chi connectivity index (χ0n) is 11.2. The fourth-order valence-electron chi connectivity index (χ4n) is 4.35. The molecule has 2 saturated heterocycles. The van der Waals surface area contributed by atoms with Gasteiger partial charge in [-0.25, -0.2) is 0 Å². The molecule has 2 aliphatic heterocycles. The van der Waals surface area contributed by atoms with E-state index in [4.69, 9.17) is 0 Å². The van der Waals surface area contributed by atoms with Crippen LogP contribution in [0.15, 0.2) is 0 Å². The molecular formula is C15H28N2. The van der Waals surface area contributed by atoms with Gasteiger partial charge in [-0.3, -0.25) is 0 Å². The predicted octanol–water partition coefficient (Wildman–Crippen LogP) is 2.64. The van der Waals surface area contributed by atoms with Crippen molar-refractivity contribution in [3.8, 4) is 0 Å². The first kappa shape index (κ1) is 12.0. The van der Waals surface area contributed by atoms with E-state index in [9.17, 15) is 0 Å². The molecule has 1 aliphatic carbocycles. The van der Waals surface area contributed by atoms with Gasteiger partial charge >= 0.3 is 0 Å². The van der Waals surface area contributed by atoms with Crippen molar-refractivity contribution in [2.24, 2.45) is 11.8 Å². The van der Waals surface area contributed by atoms with E-state index in [0.717, 1.165) is 17.9 Å². The van der Waals surface area contributed by atoms with E-state index in [2.05, 4.69) is 10.2 Å². The molecule has 0 bridgehead atoms. The van der Waals surface area contributed by atoms with Crippen LogP contribution in [0.2, 0.25) is 0 Å². The molecule has 0 aromatic heterocycles. The third-order valence-electron chi connectivity index (χ3n) is 5.24. The lowest BCUT2D eigenvalue weighted by Crippen LogP contribution is -2.52. The summed E-state index contributed by atoms with van der Waals surface area (Å²) in [6.07, 6.45) is 11.7. The summed E-state index contributed by atoms with van der Waals surface area (Å²) < 4.78 is 0. The number of likely N-dealkylation sites (tertiary alicyclic amines) is 1. The molecule has 3 aliphatic rings. The average molecular weight is 236 g/mol. The normalized spacial score (nSPS) is 39.9. The Morgan fingerprint density at radius 1 is 0.882 bits per heavy atom. The Morgan fingerprint density at radius 3 is 2.59 bits per heavy atom. The molecule has 1 saturated carbocycles. The van der Waals surface area contributed by atoms with Crippen LogP contribution in [0.3, 0.4) is 0 Å². The topological polar surface area (TPSA) is 15.3 Å². The van der Waals surface area contributed by atoms with Gasteiger partial charge in [0.05, 0.1) is 0 Å². The zero-order chi connectivity index (χ0) is 11.5. The van der Waals surface area contributed by atoms with Gasteiger partial charge in [-0.2, -0.15) is 0 Å². The van der Waals surface area contributed by atoms with Crippen LogP contribution in [-0.4, -0.2) is 37.1 Å². The van der Waals surface area contributed by atoms with Crippen molar-refractivity contribution < 1.29 is 0 Å². The minimum atomic E-state index is 0.861. The number of nitrogens with one attached hydrogen (secondary N) is 1. The zero-order valence-corrected chi connectivity index (χ0v) is 11.2. The maximum absolute atomic E-state index is 3.83. The first-order valence-electron chi connectivity index (χ1n) is 7.89. The largest absolute Gasteiger partial charge is 0.313 e. The quantitative estimate of drug-likeness (QED) is 0.793. The molecule has 2 nitrogen and oxygen atoms in total. The van der Waals surface area contributed by atoms with Gasteiger partial charge in [0.15, 0.2) is 0 Å². The van der Waals surface area contributed by atoms with Gasteiger partial charge < -0.3 is 10.2 Å². The molecule has 2 heterocycles. The summed E-state index contributed by atoms with van der Waals surface area (Å²) in [7, 11) is 0. The molecule has 0 amide bonds. The van der Waals surface area contributed by atoms with Crippen LogP contribution in [0.1, 0.15) is 51.4 Å². The first-order valence-corrected chi connectivity index (χ1v) is 7.89. The standard InChI is InChI=1S/C15H28N2/c1-2-10-17(11-3-1)12-14-7-4-6-13-8-5-9-16-15(13)14/h13-16H,1-12H2/t13-,14-,15+/m1/s1. The van der Waals surface area contributed by atoms with Gasteiger partial charge in [0.1, 0.15) is 0 Å². The summed E-state index contributed by atoms with van der Waals surface area (Å²) in [5, 5.41) is 3.83. The van der Waals surface area contributed by atoms with E-state index >= 15 is 0 Å². The smallest absolute Gasteiger partial charge is 0.0136 e. The summed E-state index contributed by atoms with van der Waals surface area (Å²) in [4.78, 5) is 2.74. The number of hydrogen-bond donors (Lipinski definition) is 1. The fourth-order valence-corrected chi connectivity index (χ4v) is 4.35. The lowest BCUT2D eigenvalue weighted by molar-refractivity contribution is 0.0985. The van der Waals surface area contributed by atoms with Gasteiger partial charge in [-0.05, 0) is 70.0 Å². The second-order valence-electron chi connectivity index (χ2n) is 6.43. The molecule has 0 unspecified atom stereocenters.